The molecular weight excluding hydrogens is 268 g/mol. The van der Waals surface area contributed by atoms with Crippen LogP contribution in [0.1, 0.15) is 32.3 Å². The Hall–Kier alpha value is -0.830. The van der Waals surface area contributed by atoms with Gasteiger partial charge in [-0.15, -0.1) is 0 Å². The smallest absolute Gasteiger partial charge is 0.314 e. The van der Waals surface area contributed by atoms with Crippen molar-refractivity contribution in [3.8, 4) is 0 Å². The average Bonchev–Trinajstić information content (AvgIpc) is 2.14. The standard InChI is InChI=1S/C13H15BrO2/c1-12(2)7-13(8-12,11(15)16)9-3-5-10(14)6-4-9/h3-6H,7-8H2,1-2H3,(H,15,16). The first-order valence-corrected chi connectivity index (χ1v) is 6.15. The fraction of sp³-hybridized carbons (Fsp3) is 0.462. The second kappa shape index (κ2) is 3.59. The molecule has 0 saturated heterocycles. The molecule has 0 unspecified atom stereocenters. The monoisotopic (exact) mass is 282 g/mol. The van der Waals surface area contributed by atoms with Crippen LogP contribution in [0.4, 0.5) is 0 Å². The van der Waals surface area contributed by atoms with Crippen LogP contribution in [-0.2, 0) is 10.2 Å². The van der Waals surface area contributed by atoms with Gasteiger partial charge in [0.05, 0.1) is 5.41 Å². The lowest BCUT2D eigenvalue weighted by Gasteiger charge is -2.50. The van der Waals surface area contributed by atoms with Gasteiger partial charge in [0.15, 0.2) is 0 Å². The van der Waals surface area contributed by atoms with Crippen LogP contribution in [-0.4, -0.2) is 11.1 Å². The van der Waals surface area contributed by atoms with Crippen LogP contribution in [0.15, 0.2) is 28.7 Å². The lowest BCUT2D eigenvalue weighted by atomic mass is 9.52. The van der Waals surface area contributed by atoms with Crippen molar-refractivity contribution >= 4 is 21.9 Å². The van der Waals surface area contributed by atoms with Crippen LogP contribution in [0.3, 0.4) is 0 Å². The predicted octanol–water partition coefficient (Wildman–Crippen LogP) is 3.59. The third-order valence-corrected chi connectivity index (χ3v) is 3.90. The maximum absolute atomic E-state index is 11.5. The largest absolute Gasteiger partial charge is 0.481 e. The summed E-state index contributed by atoms with van der Waals surface area (Å²) in [5, 5.41) is 9.43. The van der Waals surface area contributed by atoms with E-state index in [1.54, 1.807) is 0 Å². The number of hydrogen-bond donors (Lipinski definition) is 1. The molecule has 0 radical (unpaired) electrons. The zero-order valence-corrected chi connectivity index (χ0v) is 11.0. The Labute approximate surface area is 104 Å². The van der Waals surface area contributed by atoms with Gasteiger partial charge in [0, 0.05) is 4.47 Å². The Morgan fingerprint density at radius 3 is 2.12 bits per heavy atom. The molecule has 16 heavy (non-hydrogen) atoms. The molecule has 0 atom stereocenters. The number of halogens is 1. The van der Waals surface area contributed by atoms with Gasteiger partial charge in [-0.25, -0.2) is 0 Å². The molecule has 0 amide bonds. The predicted molar refractivity (Wildman–Crippen MR) is 66.5 cm³/mol. The highest BCUT2D eigenvalue weighted by atomic mass is 79.9. The number of rotatable bonds is 2. The number of carbonyl (C=O) groups is 1. The molecular formula is C13H15BrO2. The number of carboxylic acid groups (broad SMARTS) is 1. The van der Waals surface area contributed by atoms with Crippen molar-refractivity contribution in [3.63, 3.8) is 0 Å². The van der Waals surface area contributed by atoms with Gasteiger partial charge < -0.3 is 5.11 Å². The molecule has 2 rings (SSSR count). The van der Waals surface area contributed by atoms with E-state index in [9.17, 15) is 9.90 Å². The van der Waals surface area contributed by atoms with E-state index in [4.69, 9.17) is 0 Å². The molecule has 0 aliphatic heterocycles. The second-order valence-electron chi connectivity index (χ2n) is 5.41. The first-order chi connectivity index (χ1) is 7.36. The first kappa shape index (κ1) is 11.6. The van der Waals surface area contributed by atoms with E-state index >= 15 is 0 Å². The molecule has 1 aromatic rings. The summed E-state index contributed by atoms with van der Waals surface area (Å²) in [6.45, 7) is 4.24. The van der Waals surface area contributed by atoms with Crippen LogP contribution in [0, 0.1) is 5.41 Å². The number of benzene rings is 1. The van der Waals surface area contributed by atoms with Gasteiger partial charge in [0.25, 0.3) is 0 Å². The van der Waals surface area contributed by atoms with Crippen LogP contribution >= 0.6 is 15.9 Å². The van der Waals surface area contributed by atoms with E-state index in [2.05, 4.69) is 29.8 Å². The van der Waals surface area contributed by atoms with E-state index in [0.29, 0.717) is 0 Å². The minimum Gasteiger partial charge on any atom is -0.481 e. The lowest BCUT2D eigenvalue weighted by molar-refractivity contribution is -0.153. The third-order valence-electron chi connectivity index (χ3n) is 3.37. The van der Waals surface area contributed by atoms with Gasteiger partial charge in [0.2, 0.25) is 0 Å². The van der Waals surface area contributed by atoms with Gasteiger partial charge in [-0.1, -0.05) is 41.9 Å². The Morgan fingerprint density at radius 2 is 1.75 bits per heavy atom. The summed E-state index contributed by atoms with van der Waals surface area (Å²) in [6, 6.07) is 7.64. The molecule has 0 aromatic heterocycles. The number of carboxylic acids is 1. The van der Waals surface area contributed by atoms with Gasteiger partial charge in [-0.3, -0.25) is 4.79 Å². The summed E-state index contributed by atoms with van der Waals surface area (Å²) < 4.78 is 0.982. The van der Waals surface area contributed by atoms with Gasteiger partial charge in [0.1, 0.15) is 0 Å². The maximum atomic E-state index is 11.5. The number of aliphatic carboxylic acids is 1. The SMILES string of the molecule is CC1(C)CC(C(=O)O)(c2ccc(Br)cc2)C1. The summed E-state index contributed by atoms with van der Waals surface area (Å²) in [7, 11) is 0. The summed E-state index contributed by atoms with van der Waals surface area (Å²) in [5.74, 6) is -0.700. The summed E-state index contributed by atoms with van der Waals surface area (Å²) in [6.07, 6.45) is 1.44. The topological polar surface area (TPSA) is 37.3 Å². The Bertz CT molecular complexity index is 412. The van der Waals surface area contributed by atoms with E-state index in [-0.39, 0.29) is 5.41 Å². The third kappa shape index (κ3) is 1.77. The number of hydrogen-bond acceptors (Lipinski definition) is 1. The van der Waals surface area contributed by atoms with Crippen molar-refractivity contribution in [1.29, 1.82) is 0 Å². The van der Waals surface area contributed by atoms with Crippen molar-refractivity contribution < 1.29 is 9.90 Å². The highest BCUT2D eigenvalue weighted by Crippen LogP contribution is 2.55. The molecule has 0 bridgehead atoms. The van der Waals surface area contributed by atoms with Crippen LogP contribution in [0.2, 0.25) is 0 Å². The zero-order chi connectivity index (χ0) is 12.0. The van der Waals surface area contributed by atoms with Crippen LogP contribution in [0.5, 0.6) is 0 Å². The Morgan fingerprint density at radius 1 is 1.25 bits per heavy atom. The molecule has 86 valence electrons. The summed E-state index contributed by atoms with van der Waals surface area (Å²) in [4.78, 5) is 11.5. The quantitative estimate of drug-likeness (QED) is 0.900. The maximum Gasteiger partial charge on any atom is 0.314 e. The zero-order valence-electron chi connectivity index (χ0n) is 9.46. The first-order valence-electron chi connectivity index (χ1n) is 5.35. The van der Waals surface area contributed by atoms with Gasteiger partial charge in [-0.05, 0) is 36.0 Å². The summed E-state index contributed by atoms with van der Waals surface area (Å²) in [5.41, 5.74) is 0.401. The fourth-order valence-corrected chi connectivity index (χ4v) is 3.09. The second-order valence-corrected chi connectivity index (χ2v) is 6.33. The molecule has 1 fully saturated rings. The summed E-state index contributed by atoms with van der Waals surface area (Å²) >= 11 is 3.36. The Kier molecular flexibility index (Phi) is 2.61. The minimum absolute atomic E-state index is 0.144. The van der Waals surface area contributed by atoms with Crippen LogP contribution < -0.4 is 0 Å². The molecule has 2 nitrogen and oxygen atoms in total. The Balaban J connectivity index is 2.36. The molecule has 0 spiro atoms. The highest BCUT2D eigenvalue weighted by Gasteiger charge is 2.55. The molecule has 0 heterocycles. The van der Waals surface area contributed by atoms with E-state index in [1.807, 2.05) is 24.3 Å². The van der Waals surface area contributed by atoms with E-state index in [1.165, 1.54) is 0 Å². The molecule has 1 saturated carbocycles. The van der Waals surface area contributed by atoms with Crippen molar-refractivity contribution in [2.75, 3.05) is 0 Å². The van der Waals surface area contributed by atoms with Crippen molar-refractivity contribution in [2.24, 2.45) is 5.41 Å². The van der Waals surface area contributed by atoms with Crippen molar-refractivity contribution in [1.82, 2.24) is 0 Å². The normalized spacial score (nSPS) is 21.2. The highest BCUT2D eigenvalue weighted by molar-refractivity contribution is 9.10. The lowest BCUT2D eigenvalue weighted by Crippen LogP contribution is -2.52. The van der Waals surface area contributed by atoms with E-state index in [0.717, 1.165) is 22.9 Å². The molecule has 3 heteroatoms. The molecule has 1 aromatic carbocycles. The van der Waals surface area contributed by atoms with E-state index < -0.39 is 11.4 Å². The van der Waals surface area contributed by atoms with Crippen LogP contribution in [0.25, 0.3) is 0 Å². The molecule has 1 aliphatic rings. The molecule has 1 aliphatic carbocycles. The van der Waals surface area contributed by atoms with Gasteiger partial charge >= 0.3 is 5.97 Å². The fourth-order valence-electron chi connectivity index (χ4n) is 2.83. The van der Waals surface area contributed by atoms with Crippen molar-refractivity contribution in [2.45, 2.75) is 32.1 Å². The average molecular weight is 283 g/mol. The van der Waals surface area contributed by atoms with Gasteiger partial charge in [-0.2, -0.15) is 0 Å². The minimum atomic E-state index is -0.700. The molecule has 1 N–H and O–H groups in total. The van der Waals surface area contributed by atoms with Crippen molar-refractivity contribution in [3.05, 3.63) is 34.3 Å².